The SMILES string of the molecule is CCN1C(=O)C(=O)N(CC(=O)N2C[C@@]3(C)C[C@@H]2CC(C)(C)C3)C1=O. The number of imide groups is 2. The van der Waals surface area contributed by atoms with Crippen molar-refractivity contribution in [3.05, 3.63) is 0 Å². The summed E-state index contributed by atoms with van der Waals surface area (Å²) >= 11 is 0. The van der Waals surface area contributed by atoms with Crippen LogP contribution in [0.15, 0.2) is 0 Å². The third-order valence-corrected chi connectivity index (χ3v) is 5.48. The number of hydrogen-bond donors (Lipinski definition) is 0. The molecule has 2 atom stereocenters. The Kier molecular flexibility index (Phi) is 3.73. The molecule has 3 rings (SSSR count). The lowest BCUT2D eigenvalue weighted by Gasteiger charge is -2.39. The third-order valence-electron chi connectivity index (χ3n) is 5.48. The molecule has 7 heteroatoms. The smallest absolute Gasteiger partial charge is 0.334 e. The van der Waals surface area contributed by atoms with Gasteiger partial charge < -0.3 is 4.90 Å². The fourth-order valence-electron chi connectivity index (χ4n) is 4.95. The quantitative estimate of drug-likeness (QED) is 0.574. The molecule has 0 aromatic heterocycles. The van der Waals surface area contributed by atoms with Gasteiger partial charge in [-0.25, -0.2) is 9.69 Å². The van der Waals surface area contributed by atoms with Crippen molar-refractivity contribution in [1.29, 1.82) is 0 Å². The number of nitrogens with zero attached hydrogens (tertiary/aromatic N) is 3. The Balaban J connectivity index is 1.74. The third kappa shape index (κ3) is 2.59. The zero-order valence-corrected chi connectivity index (χ0v) is 14.8. The fourth-order valence-corrected chi connectivity index (χ4v) is 4.95. The van der Waals surface area contributed by atoms with Crippen LogP contribution in [0.1, 0.15) is 47.0 Å². The lowest BCUT2D eigenvalue weighted by atomic mass is 9.65. The van der Waals surface area contributed by atoms with Gasteiger partial charge in [0.2, 0.25) is 5.91 Å². The summed E-state index contributed by atoms with van der Waals surface area (Å²) < 4.78 is 0. The number of urea groups is 1. The van der Waals surface area contributed by atoms with Crippen molar-refractivity contribution >= 4 is 23.8 Å². The van der Waals surface area contributed by atoms with E-state index in [0.717, 1.165) is 29.1 Å². The Morgan fingerprint density at radius 1 is 1.08 bits per heavy atom. The first kappa shape index (κ1) is 16.9. The molecule has 2 saturated heterocycles. The summed E-state index contributed by atoms with van der Waals surface area (Å²) in [5.41, 5.74) is 0.271. The molecule has 0 aromatic carbocycles. The van der Waals surface area contributed by atoms with Crippen LogP contribution in [0, 0.1) is 10.8 Å². The highest BCUT2D eigenvalue weighted by molar-refractivity contribution is 6.45. The molecule has 0 N–H and O–H groups in total. The number of amides is 5. The Hall–Kier alpha value is -1.92. The normalized spacial score (nSPS) is 32.1. The van der Waals surface area contributed by atoms with Gasteiger partial charge in [-0.3, -0.25) is 19.3 Å². The number of carbonyl (C=O) groups excluding carboxylic acids is 4. The lowest BCUT2D eigenvalue weighted by molar-refractivity contribution is -0.145. The topological polar surface area (TPSA) is 78.0 Å². The van der Waals surface area contributed by atoms with Crippen LogP contribution in [-0.4, -0.2) is 64.1 Å². The molecule has 2 aliphatic heterocycles. The van der Waals surface area contributed by atoms with Crippen molar-refractivity contribution in [3.63, 3.8) is 0 Å². The van der Waals surface area contributed by atoms with E-state index in [4.69, 9.17) is 0 Å². The molecule has 7 nitrogen and oxygen atoms in total. The predicted molar refractivity (Wildman–Crippen MR) is 85.7 cm³/mol. The number of rotatable bonds is 3. The largest absolute Gasteiger partial charge is 0.338 e. The van der Waals surface area contributed by atoms with Crippen LogP contribution in [0.4, 0.5) is 4.79 Å². The van der Waals surface area contributed by atoms with E-state index in [-0.39, 0.29) is 35.9 Å². The standard InChI is InChI=1S/C17H25N3O4/c1-5-18-13(22)14(23)19(15(18)24)8-12(21)20-10-17(4)7-11(20)6-16(2,3)9-17/h11H,5-10H2,1-4H3/t11-,17-/m0/s1. The molecule has 0 spiro atoms. The predicted octanol–water partition coefficient (Wildman–Crippen LogP) is 1.22. The van der Waals surface area contributed by atoms with Crippen LogP contribution >= 0.6 is 0 Å². The molecule has 3 aliphatic rings. The van der Waals surface area contributed by atoms with Crippen LogP contribution in [0.5, 0.6) is 0 Å². The molecule has 132 valence electrons. The van der Waals surface area contributed by atoms with Gasteiger partial charge in [0.1, 0.15) is 6.54 Å². The monoisotopic (exact) mass is 335 g/mol. The van der Waals surface area contributed by atoms with E-state index in [1.54, 1.807) is 6.92 Å². The lowest BCUT2D eigenvalue weighted by Crippen LogP contribution is -2.45. The summed E-state index contributed by atoms with van der Waals surface area (Å²) in [4.78, 5) is 52.1. The van der Waals surface area contributed by atoms with Gasteiger partial charge in [-0.1, -0.05) is 20.8 Å². The van der Waals surface area contributed by atoms with Crippen molar-refractivity contribution in [2.24, 2.45) is 10.8 Å². The van der Waals surface area contributed by atoms with Gasteiger partial charge in [0, 0.05) is 19.1 Å². The van der Waals surface area contributed by atoms with Crippen LogP contribution in [0.3, 0.4) is 0 Å². The van der Waals surface area contributed by atoms with E-state index in [0.29, 0.717) is 6.54 Å². The van der Waals surface area contributed by atoms with Gasteiger partial charge in [-0.15, -0.1) is 0 Å². The van der Waals surface area contributed by atoms with E-state index in [1.165, 1.54) is 0 Å². The van der Waals surface area contributed by atoms with E-state index in [1.807, 2.05) is 4.90 Å². The molecule has 3 fully saturated rings. The van der Waals surface area contributed by atoms with Crippen molar-refractivity contribution in [1.82, 2.24) is 14.7 Å². The summed E-state index contributed by atoms with van der Waals surface area (Å²) in [6, 6.07) is -0.536. The molecule has 24 heavy (non-hydrogen) atoms. The minimum Gasteiger partial charge on any atom is -0.338 e. The minimum atomic E-state index is -0.899. The average Bonchev–Trinajstić information content (AvgIpc) is 2.83. The average molecular weight is 335 g/mol. The summed E-state index contributed by atoms with van der Waals surface area (Å²) in [6.07, 6.45) is 2.95. The molecule has 2 bridgehead atoms. The molecular formula is C17H25N3O4. The van der Waals surface area contributed by atoms with Crippen LogP contribution in [-0.2, 0) is 14.4 Å². The summed E-state index contributed by atoms with van der Waals surface area (Å²) in [7, 11) is 0. The maximum absolute atomic E-state index is 12.7. The number of fused-ring (bicyclic) bond motifs is 2. The van der Waals surface area contributed by atoms with Crippen LogP contribution in [0.25, 0.3) is 0 Å². The van der Waals surface area contributed by atoms with Crippen molar-refractivity contribution < 1.29 is 19.2 Å². The maximum Gasteiger partial charge on any atom is 0.334 e. The molecular weight excluding hydrogens is 310 g/mol. The molecule has 1 aliphatic carbocycles. The van der Waals surface area contributed by atoms with Gasteiger partial charge in [-0.05, 0) is 37.0 Å². The van der Waals surface area contributed by atoms with Crippen molar-refractivity contribution in [3.8, 4) is 0 Å². The van der Waals surface area contributed by atoms with Gasteiger partial charge in [0.15, 0.2) is 0 Å². The molecule has 0 radical (unpaired) electrons. The fraction of sp³-hybridized carbons (Fsp3) is 0.765. The van der Waals surface area contributed by atoms with Crippen LogP contribution < -0.4 is 0 Å². The Morgan fingerprint density at radius 3 is 2.29 bits per heavy atom. The molecule has 0 unspecified atom stereocenters. The summed E-state index contributed by atoms with van der Waals surface area (Å²) in [5, 5.41) is 0. The van der Waals surface area contributed by atoms with Gasteiger partial charge in [0.05, 0.1) is 0 Å². The highest BCUT2D eigenvalue weighted by atomic mass is 16.2. The number of likely N-dealkylation sites (tertiary alicyclic amines) is 1. The van der Waals surface area contributed by atoms with Gasteiger partial charge in [0.25, 0.3) is 0 Å². The molecule has 2 heterocycles. The zero-order chi connectivity index (χ0) is 17.9. The van der Waals surface area contributed by atoms with E-state index < -0.39 is 17.8 Å². The second kappa shape index (κ2) is 5.29. The number of carbonyl (C=O) groups is 4. The highest BCUT2D eigenvalue weighted by Gasteiger charge is 2.52. The Labute approximate surface area is 141 Å². The second-order valence-electron chi connectivity index (χ2n) is 8.46. The van der Waals surface area contributed by atoms with Gasteiger partial charge in [-0.2, -0.15) is 0 Å². The minimum absolute atomic E-state index is 0.0897. The van der Waals surface area contributed by atoms with Crippen molar-refractivity contribution in [2.45, 2.75) is 53.0 Å². The Bertz CT molecular complexity index is 629. The highest BCUT2D eigenvalue weighted by Crippen LogP contribution is 2.52. The van der Waals surface area contributed by atoms with E-state index in [9.17, 15) is 19.2 Å². The molecule has 0 aromatic rings. The van der Waals surface area contributed by atoms with Gasteiger partial charge >= 0.3 is 17.8 Å². The number of likely N-dealkylation sites (N-methyl/N-ethyl adjacent to an activating group) is 1. The molecule has 5 amide bonds. The zero-order valence-electron chi connectivity index (χ0n) is 14.8. The summed E-state index contributed by atoms with van der Waals surface area (Å²) in [6.45, 7) is 8.71. The first-order valence-corrected chi connectivity index (χ1v) is 8.54. The van der Waals surface area contributed by atoms with Crippen LogP contribution in [0.2, 0.25) is 0 Å². The van der Waals surface area contributed by atoms with Crippen molar-refractivity contribution in [2.75, 3.05) is 19.6 Å². The summed E-state index contributed by atoms with van der Waals surface area (Å²) in [5.74, 6) is -1.98. The molecule has 1 saturated carbocycles. The Morgan fingerprint density at radius 2 is 1.71 bits per heavy atom. The second-order valence-corrected chi connectivity index (χ2v) is 8.46. The maximum atomic E-state index is 12.7. The van der Waals surface area contributed by atoms with E-state index in [2.05, 4.69) is 20.8 Å². The first-order chi connectivity index (χ1) is 11.1. The first-order valence-electron chi connectivity index (χ1n) is 8.54. The van der Waals surface area contributed by atoms with E-state index >= 15 is 0 Å². The number of hydrogen-bond acceptors (Lipinski definition) is 4.